The quantitative estimate of drug-likeness (QED) is 0.547. The van der Waals surface area contributed by atoms with Crippen molar-refractivity contribution >= 4 is 0 Å². The van der Waals surface area contributed by atoms with E-state index in [2.05, 4.69) is 5.32 Å². The van der Waals surface area contributed by atoms with Crippen molar-refractivity contribution in [2.24, 2.45) is 0 Å². The molecule has 1 atom stereocenters. The van der Waals surface area contributed by atoms with E-state index < -0.39 is 0 Å². The second-order valence-corrected chi connectivity index (χ2v) is 5.36. The second-order valence-electron chi connectivity index (χ2n) is 5.36. The maximum absolute atomic E-state index is 9.79. The molecule has 2 aromatic rings. The van der Waals surface area contributed by atoms with E-state index in [1.807, 2.05) is 14.0 Å². The fraction of sp³-hybridized carbons (Fsp3) is 0.294. The van der Waals surface area contributed by atoms with Gasteiger partial charge in [0.1, 0.15) is 0 Å². The number of nitrogens with one attached hydrogen (secondary N) is 1. The molecule has 0 amide bonds. The minimum absolute atomic E-state index is 0.107. The number of rotatable bonds is 5. The molecule has 5 nitrogen and oxygen atoms in total. The van der Waals surface area contributed by atoms with E-state index in [1.165, 1.54) is 12.1 Å². The van der Waals surface area contributed by atoms with Gasteiger partial charge in [-0.05, 0) is 61.0 Å². The smallest absolute Gasteiger partial charge is 0.157 e. The molecule has 0 aliphatic heterocycles. The fourth-order valence-corrected chi connectivity index (χ4v) is 2.50. The molecule has 0 radical (unpaired) electrons. The summed E-state index contributed by atoms with van der Waals surface area (Å²) in [6, 6.07) is 7.79. The Balaban J connectivity index is 2.44. The third-order valence-corrected chi connectivity index (χ3v) is 3.85. The van der Waals surface area contributed by atoms with Crippen LogP contribution >= 0.6 is 0 Å². The average molecular weight is 303 g/mol. The van der Waals surface area contributed by atoms with Crippen molar-refractivity contribution in [1.82, 2.24) is 5.32 Å². The Morgan fingerprint density at radius 2 is 1.55 bits per heavy atom. The highest BCUT2D eigenvalue weighted by Crippen LogP contribution is 2.37. The molecular weight excluding hydrogens is 282 g/mol. The van der Waals surface area contributed by atoms with Crippen LogP contribution in [-0.2, 0) is 6.42 Å². The van der Waals surface area contributed by atoms with Crippen LogP contribution in [0.1, 0.15) is 29.5 Å². The van der Waals surface area contributed by atoms with Crippen LogP contribution < -0.4 is 5.32 Å². The largest absolute Gasteiger partial charge is 0.504 e. The zero-order valence-electron chi connectivity index (χ0n) is 12.7. The molecule has 0 aliphatic rings. The van der Waals surface area contributed by atoms with Gasteiger partial charge < -0.3 is 25.7 Å². The van der Waals surface area contributed by atoms with Crippen molar-refractivity contribution in [3.63, 3.8) is 0 Å². The highest BCUT2D eigenvalue weighted by Gasteiger charge is 2.17. The summed E-state index contributed by atoms with van der Waals surface area (Å²) in [6.45, 7) is 2.69. The summed E-state index contributed by atoms with van der Waals surface area (Å²) in [5, 5.41) is 41.6. The Bertz CT molecular complexity index is 670. The first-order valence-corrected chi connectivity index (χ1v) is 7.15. The molecule has 0 aliphatic carbocycles. The van der Waals surface area contributed by atoms with Crippen molar-refractivity contribution in [1.29, 1.82) is 0 Å². The Hall–Kier alpha value is -2.40. The molecule has 2 rings (SSSR count). The van der Waals surface area contributed by atoms with E-state index in [4.69, 9.17) is 0 Å². The molecule has 5 heteroatoms. The predicted molar refractivity (Wildman–Crippen MR) is 84.7 cm³/mol. The molecule has 118 valence electrons. The van der Waals surface area contributed by atoms with Crippen molar-refractivity contribution in [3.8, 4) is 23.0 Å². The van der Waals surface area contributed by atoms with E-state index in [9.17, 15) is 20.4 Å². The number of likely N-dealkylation sites (N-methyl/N-ethyl adjacent to an activating group) is 1. The van der Waals surface area contributed by atoms with E-state index in [-0.39, 0.29) is 28.9 Å². The van der Waals surface area contributed by atoms with Crippen LogP contribution in [0.25, 0.3) is 0 Å². The second kappa shape index (κ2) is 6.58. The van der Waals surface area contributed by atoms with E-state index in [0.29, 0.717) is 6.42 Å². The van der Waals surface area contributed by atoms with Gasteiger partial charge in [0.05, 0.1) is 0 Å². The number of phenols is 4. The van der Waals surface area contributed by atoms with Crippen molar-refractivity contribution in [2.75, 3.05) is 13.6 Å². The van der Waals surface area contributed by atoms with Crippen LogP contribution in [0.2, 0.25) is 0 Å². The third-order valence-electron chi connectivity index (χ3n) is 3.85. The van der Waals surface area contributed by atoms with Gasteiger partial charge in [0, 0.05) is 5.92 Å². The number of benzene rings is 2. The van der Waals surface area contributed by atoms with Crippen LogP contribution in [0.3, 0.4) is 0 Å². The zero-order chi connectivity index (χ0) is 16.3. The number of phenolic OH excluding ortho intramolecular Hbond substituents is 4. The Morgan fingerprint density at radius 3 is 2.18 bits per heavy atom. The SMILES string of the molecule is CNCCc1cc(O)c(O)cc1C(C)c1ccc(O)c(O)c1. The fourth-order valence-electron chi connectivity index (χ4n) is 2.50. The van der Waals surface area contributed by atoms with Gasteiger partial charge in [-0.15, -0.1) is 0 Å². The molecular formula is C17H21NO4. The van der Waals surface area contributed by atoms with E-state index >= 15 is 0 Å². The average Bonchev–Trinajstić information content (AvgIpc) is 2.50. The summed E-state index contributed by atoms with van der Waals surface area (Å²) in [5.41, 5.74) is 2.60. The van der Waals surface area contributed by atoms with E-state index in [0.717, 1.165) is 23.2 Å². The highest BCUT2D eigenvalue weighted by molar-refractivity contribution is 5.51. The van der Waals surface area contributed by atoms with Gasteiger partial charge in [-0.1, -0.05) is 13.0 Å². The van der Waals surface area contributed by atoms with Crippen molar-refractivity contribution in [3.05, 3.63) is 47.0 Å². The maximum Gasteiger partial charge on any atom is 0.157 e. The van der Waals surface area contributed by atoms with Gasteiger partial charge in [0.15, 0.2) is 23.0 Å². The topological polar surface area (TPSA) is 93.0 Å². The number of hydrogen-bond donors (Lipinski definition) is 5. The molecule has 0 aromatic heterocycles. The molecule has 0 heterocycles. The van der Waals surface area contributed by atoms with Crippen molar-refractivity contribution in [2.45, 2.75) is 19.3 Å². The Kier molecular flexibility index (Phi) is 4.78. The lowest BCUT2D eigenvalue weighted by Crippen LogP contribution is -2.12. The van der Waals surface area contributed by atoms with Gasteiger partial charge in [-0.2, -0.15) is 0 Å². The summed E-state index contributed by atoms with van der Waals surface area (Å²) in [5.74, 6) is -0.762. The van der Waals surface area contributed by atoms with Crippen molar-refractivity contribution < 1.29 is 20.4 Å². The Morgan fingerprint density at radius 1 is 0.909 bits per heavy atom. The van der Waals surface area contributed by atoms with Gasteiger partial charge in [-0.3, -0.25) is 0 Å². The molecule has 5 N–H and O–H groups in total. The number of hydrogen-bond acceptors (Lipinski definition) is 5. The third kappa shape index (κ3) is 3.26. The van der Waals surface area contributed by atoms with Crippen LogP contribution in [0.4, 0.5) is 0 Å². The first kappa shape index (κ1) is 16.0. The summed E-state index contributed by atoms with van der Waals surface area (Å²) in [6.07, 6.45) is 0.702. The zero-order valence-corrected chi connectivity index (χ0v) is 12.7. The minimum atomic E-state index is -0.177. The first-order valence-electron chi connectivity index (χ1n) is 7.15. The summed E-state index contributed by atoms with van der Waals surface area (Å²) in [7, 11) is 1.85. The standard InChI is InChI=1S/C17H21NO4/c1-10(11-3-4-14(19)15(20)7-11)13-9-17(22)16(21)8-12(13)5-6-18-2/h3-4,7-10,18-22H,5-6H2,1-2H3. The van der Waals surface area contributed by atoms with Gasteiger partial charge in [-0.25, -0.2) is 0 Å². The Labute approximate surface area is 129 Å². The van der Waals surface area contributed by atoms with Gasteiger partial charge in [0.25, 0.3) is 0 Å². The molecule has 0 fully saturated rings. The highest BCUT2D eigenvalue weighted by atomic mass is 16.3. The molecule has 0 bridgehead atoms. The van der Waals surface area contributed by atoms with Crippen LogP contribution in [0.15, 0.2) is 30.3 Å². The summed E-state index contributed by atoms with van der Waals surface area (Å²) < 4.78 is 0. The maximum atomic E-state index is 9.79. The lowest BCUT2D eigenvalue weighted by Gasteiger charge is -2.18. The molecule has 0 saturated carbocycles. The lowest BCUT2D eigenvalue weighted by molar-refractivity contribution is 0.401. The summed E-state index contributed by atoms with van der Waals surface area (Å²) in [4.78, 5) is 0. The molecule has 22 heavy (non-hydrogen) atoms. The van der Waals surface area contributed by atoms with E-state index in [1.54, 1.807) is 18.2 Å². The van der Waals surface area contributed by atoms with Crippen LogP contribution in [0.5, 0.6) is 23.0 Å². The van der Waals surface area contributed by atoms with Gasteiger partial charge >= 0.3 is 0 Å². The minimum Gasteiger partial charge on any atom is -0.504 e. The van der Waals surface area contributed by atoms with Crippen LogP contribution in [-0.4, -0.2) is 34.0 Å². The molecule has 1 unspecified atom stereocenters. The first-order chi connectivity index (χ1) is 10.4. The lowest BCUT2D eigenvalue weighted by atomic mass is 9.88. The number of aromatic hydroxyl groups is 4. The molecule has 0 spiro atoms. The van der Waals surface area contributed by atoms with Gasteiger partial charge in [0.2, 0.25) is 0 Å². The monoisotopic (exact) mass is 303 g/mol. The normalized spacial score (nSPS) is 12.3. The van der Waals surface area contributed by atoms with Crippen LogP contribution in [0, 0.1) is 0 Å². The molecule has 0 saturated heterocycles. The predicted octanol–water partition coefficient (Wildman–Crippen LogP) is 2.42. The molecule has 2 aromatic carbocycles. The summed E-state index contributed by atoms with van der Waals surface area (Å²) >= 11 is 0.